The van der Waals surface area contributed by atoms with Gasteiger partial charge < -0.3 is 19.3 Å². The number of hydrogen-bond acceptors (Lipinski definition) is 6. The normalized spacial score (nSPS) is 14.3. The maximum absolute atomic E-state index is 12.2. The Morgan fingerprint density at radius 3 is 2.36 bits per heavy atom. The Morgan fingerprint density at radius 2 is 1.79 bits per heavy atom. The highest BCUT2D eigenvalue weighted by Gasteiger charge is 2.22. The number of carbonyl (C=O) groups is 1. The van der Waals surface area contributed by atoms with Gasteiger partial charge in [-0.1, -0.05) is 13.8 Å². The summed E-state index contributed by atoms with van der Waals surface area (Å²) in [7, 11) is 3.26. The van der Waals surface area contributed by atoms with Crippen LogP contribution in [-0.2, 0) is 4.79 Å². The molecule has 3 rings (SSSR count). The first-order valence-electron chi connectivity index (χ1n) is 9.60. The van der Waals surface area contributed by atoms with E-state index in [-0.39, 0.29) is 5.91 Å². The average Bonchev–Trinajstić information content (AvgIpc) is 2.73. The Labute approximate surface area is 166 Å². The van der Waals surface area contributed by atoms with Gasteiger partial charge in [0.1, 0.15) is 11.5 Å². The molecule has 0 aliphatic carbocycles. The Bertz CT molecular complexity index is 800. The van der Waals surface area contributed by atoms with E-state index in [9.17, 15) is 4.79 Å². The molecule has 1 fully saturated rings. The molecule has 150 valence electrons. The fourth-order valence-corrected chi connectivity index (χ4v) is 3.32. The van der Waals surface area contributed by atoms with Gasteiger partial charge >= 0.3 is 0 Å². The standard InChI is InChI=1S/C21H28N4O3/c1-15(2)13-21(26)25-11-9-24(10-12-25)20-8-6-18(22-23-20)17-14-16(27-3)5-7-19(17)28-4/h5-8,14-15H,9-13H2,1-4H3. The van der Waals surface area contributed by atoms with Crippen molar-refractivity contribution in [1.82, 2.24) is 15.1 Å². The summed E-state index contributed by atoms with van der Waals surface area (Å²) >= 11 is 0. The van der Waals surface area contributed by atoms with Crippen LogP contribution in [0.4, 0.5) is 5.82 Å². The van der Waals surface area contributed by atoms with E-state index >= 15 is 0 Å². The SMILES string of the molecule is COc1ccc(OC)c(-c2ccc(N3CCN(C(=O)CC(C)C)CC3)nn2)c1. The van der Waals surface area contributed by atoms with E-state index in [1.54, 1.807) is 14.2 Å². The molecule has 0 saturated carbocycles. The first kappa shape index (κ1) is 19.9. The molecule has 7 heteroatoms. The van der Waals surface area contributed by atoms with E-state index < -0.39 is 0 Å². The molecular weight excluding hydrogens is 356 g/mol. The van der Waals surface area contributed by atoms with Gasteiger partial charge in [-0.2, -0.15) is 0 Å². The minimum atomic E-state index is 0.237. The van der Waals surface area contributed by atoms with Crippen LogP contribution in [-0.4, -0.2) is 61.4 Å². The predicted molar refractivity (Wildman–Crippen MR) is 109 cm³/mol. The molecule has 2 heterocycles. The van der Waals surface area contributed by atoms with Crippen molar-refractivity contribution in [3.8, 4) is 22.8 Å². The van der Waals surface area contributed by atoms with Crippen LogP contribution in [0.15, 0.2) is 30.3 Å². The van der Waals surface area contributed by atoms with Crippen molar-refractivity contribution in [2.45, 2.75) is 20.3 Å². The highest BCUT2D eigenvalue weighted by molar-refractivity contribution is 5.76. The molecule has 1 aliphatic heterocycles. The molecule has 0 radical (unpaired) electrons. The van der Waals surface area contributed by atoms with Gasteiger partial charge in [0.25, 0.3) is 0 Å². The summed E-state index contributed by atoms with van der Waals surface area (Å²) in [6.45, 7) is 7.11. The minimum Gasteiger partial charge on any atom is -0.497 e. The van der Waals surface area contributed by atoms with Crippen LogP contribution in [0, 0.1) is 5.92 Å². The van der Waals surface area contributed by atoms with Crippen LogP contribution in [0.2, 0.25) is 0 Å². The summed E-state index contributed by atoms with van der Waals surface area (Å²) in [5, 5.41) is 8.80. The number of rotatable bonds is 6. The number of methoxy groups -OCH3 is 2. The van der Waals surface area contributed by atoms with Gasteiger partial charge in [-0.05, 0) is 36.2 Å². The fourth-order valence-electron chi connectivity index (χ4n) is 3.32. The first-order chi connectivity index (χ1) is 13.5. The quantitative estimate of drug-likeness (QED) is 0.763. The molecule has 28 heavy (non-hydrogen) atoms. The molecule has 0 unspecified atom stereocenters. The van der Waals surface area contributed by atoms with Crippen molar-refractivity contribution in [2.75, 3.05) is 45.3 Å². The second-order valence-corrected chi connectivity index (χ2v) is 7.31. The number of amides is 1. The van der Waals surface area contributed by atoms with E-state index in [1.807, 2.05) is 35.2 Å². The topological polar surface area (TPSA) is 67.8 Å². The minimum absolute atomic E-state index is 0.237. The number of aromatic nitrogens is 2. The van der Waals surface area contributed by atoms with Gasteiger partial charge in [-0.15, -0.1) is 10.2 Å². The van der Waals surface area contributed by atoms with Crippen LogP contribution >= 0.6 is 0 Å². The Morgan fingerprint density at radius 1 is 1.04 bits per heavy atom. The fraction of sp³-hybridized carbons (Fsp3) is 0.476. The van der Waals surface area contributed by atoms with Crippen LogP contribution in [0.3, 0.4) is 0 Å². The lowest BCUT2D eigenvalue weighted by Gasteiger charge is -2.35. The summed E-state index contributed by atoms with van der Waals surface area (Å²) in [6.07, 6.45) is 0.608. The number of nitrogens with zero attached hydrogens (tertiary/aromatic N) is 4. The first-order valence-corrected chi connectivity index (χ1v) is 9.60. The zero-order valence-electron chi connectivity index (χ0n) is 17.0. The number of anilines is 1. The molecule has 1 amide bonds. The van der Waals surface area contributed by atoms with Crippen LogP contribution < -0.4 is 14.4 Å². The van der Waals surface area contributed by atoms with Gasteiger partial charge in [0.15, 0.2) is 5.82 Å². The van der Waals surface area contributed by atoms with E-state index in [4.69, 9.17) is 9.47 Å². The van der Waals surface area contributed by atoms with Crippen LogP contribution in [0.25, 0.3) is 11.3 Å². The highest BCUT2D eigenvalue weighted by atomic mass is 16.5. The predicted octanol–water partition coefficient (Wildman–Crippen LogP) is 2.86. The van der Waals surface area contributed by atoms with E-state index in [1.165, 1.54) is 0 Å². The second kappa shape index (κ2) is 8.91. The number of piperazine rings is 1. The molecule has 1 aliphatic rings. The van der Waals surface area contributed by atoms with E-state index in [0.717, 1.165) is 54.8 Å². The molecule has 0 N–H and O–H groups in total. The lowest BCUT2D eigenvalue weighted by molar-refractivity contribution is -0.132. The lowest BCUT2D eigenvalue weighted by Crippen LogP contribution is -2.49. The van der Waals surface area contributed by atoms with Crippen LogP contribution in [0.1, 0.15) is 20.3 Å². The lowest BCUT2D eigenvalue weighted by atomic mass is 10.1. The third kappa shape index (κ3) is 4.52. The summed E-state index contributed by atoms with van der Waals surface area (Å²) in [6, 6.07) is 9.51. The summed E-state index contributed by atoms with van der Waals surface area (Å²) < 4.78 is 10.7. The molecule has 7 nitrogen and oxygen atoms in total. The van der Waals surface area contributed by atoms with Crippen molar-refractivity contribution in [3.05, 3.63) is 30.3 Å². The number of carbonyl (C=O) groups excluding carboxylic acids is 1. The number of hydrogen-bond donors (Lipinski definition) is 0. The smallest absolute Gasteiger partial charge is 0.222 e. The molecule has 1 aromatic heterocycles. The van der Waals surface area contributed by atoms with Crippen molar-refractivity contribution < 1.29 is 14.3 Å². The second-order valence-electron chi connectivity index (χ2n) is 7.31. The monoisotopic (exact) mass is 384 g/mol. The Kier molecular flexibility index (Phi) is 6.34. The van der Waals surface area contributed by atoms with E-state index in [2.05, 4.69) is 28.9 Å². The van der Waals surface area contributed by atoms with Gasteiger partial charge in [0.2, 0.25) is 5.91 Å². The van der Waals surface area contributed by atoms with Gasteiger partial charge in [0.05, 0.1) is 19.9 Å². The summed E-state index contributed by atoms with van der Waals surface area (Å²) in [5.41, 5.74) is 1.57. The summed E-state index contributed by atoms with van der Waals surface area (Å²) in [5.74, 6) is 2.91. The molecule has 1 aromatic carbocycles. The molecule has 0 spiro atoms. The zero-order valence-corrected chi connectivity index (χ0v) is 17.0. The van der Waals surface area contributed by atoms with Crippen LogP contribution in [0.5, 0.6) is 11.5 Å². The number of benzene rings is 1. The van der Waals surface area contributed by atoms with Crippen molar-refractivity contribution >= 4 is 11.7 Å². The molecular formula is C21H28N4O3. The maximum Gasteiger partial charge on any atom is 0.222 e. The van der Waals surface area contributed by atoms with Gasteiger partial charge in [-0.25, -0.2) is 0 Å². The van der Waals surface area contributed by atoms with Gasteiger partial charge in [-0.3, -0.25) is 4.79 Å². The zero-order chi connectivity index (χ0) is 20.1. The molecule has 2 aromatic rings. The van der Waals surface area contributed by atoms with E-state index in [0.29, 0.717) is 12.3 Å². The third-order valence-corrected chi connectivity index (χ3v) is 4.87. The maximum atomic E-state index is 12.2. The van der Waals surface area contributed by atoms with Crippen molar-refractivity contribution in [3.63, 3.8) is 0 Å². The molecule has 0 bridgehead atoms. The Balaban J connectivity index is 1.68. The molecule has 0 atom stereocenters. The Hall–Kier alpha value is -2.83. The summed E-state index contributed by atoms with van der Waals surface area (Å²) in [4.78, 5) is 16.3. The highest BCUT2D eigenvalue weighted by Crippen LogP contribution is 2.32. The van der Waals surface area contributed by atoms with Gasteiger partial charge in [0, 0.05) is 38.2 Å². The average molecular weight is 384 g/mol. The van der Waals surface area contributed by atoms with Crippen molar-refractivity contribution in [1.29, 1.82) is 0 Å². The number of ether oxygens (including phenoxy) is 2. The van der Waals surface area contributed by atoms with Crippen molar-refractivity contribution in [2.24, 2.45) is 5.92 Å². The largest absolute Gasteiger partial charge is 0.497 e. The third-order valence-electron chi connectivity index (χ3n) is 4.87. The molecule has 1 saturated heterocycles.